The molecule has 0 aliphatic carbocycles. The molecule has 0 aliphatic heterocycles. The first-order valence-electron chi connectivity index (χ1n) is 6.33. The molecule has 0 N–H and O–H groups in total. The van der Waals surface area contributed by atoms with Gasteiger partial charge in [0.2, 0.25) is 0 Å². The fourth-order valence-corrected chi connectivity index (χ4v) is 1.81. The summed E-state index contributed by atoms with van der Waals surface area (Å²) in [6, 6.07) is 12.6. The summed E-state index contributed by atoms with van der Waals surface area (Å²) in [7, 11) is 0. The Morgan fingerprint density at radius 3 is 2.30 bits per heavy atom. The lowest BCUT2D eigenvalue weighted by Gasteiger charge is -2.13. The Balaban J connectivity index is 2.35. The maximum atomic E-state index is 12.9. The first-order chi connectivity index (χ1) is 11.0. The minimum atomic E-state index is -4.67. The second-order valence-electron chi connectivity index (χ2n) is 4.31. The van der Waals surface area contributed by atoms with Gasteiger partial charge in [0.15, 0.2) is 18.1 Å². The molecule has 0 aromatic heterocycles. The van der Waals surface area contributed by atoms with Crippen LogP contribution in [-0.2, 0) is 6.18 Å². The Morgan fingerprint density at radius 1 is 1.00 bits per heavy atom. The van der Waals surface area contributed by atoms with E-state index in [2.05, 4.69) is 0 Å². The zero-order chi connectivity index (χ0) is 16.9. The van der Waals surface area contributed by atoms with Crippen LogP contribution in [0.5, 0.6) is 17.2 Å². The summed E-state index contributed by atoms with van der Waals surface area (Å²) in [4.78, 5) is 0. The molecule has 2 aromatic carbocycles. The molecule has 0 amide bonds. The Bertz CT molecular complexity index is 789. The van der Waals surface area contributed by atoms with Gasteiger partial charge in [0, 0.05) is 0 Å². The Kier molecular flexibility index (Phi) is 4.72. The van der Waals surface area contributed by atoms with Crippen molar-refractivity contribution < 1.29 is 22.6 Å². The van der Waals surface area contributed by atoms with Gasteiger partial charge in [-0.25, -0.2) is 0 Å². The average molecular weight is 318 g/mol. The molecule has 0 saturated carbocycles. The van der Waals surface area contributed by atoms with Gasteiger partial charge in [-0.15, -0.1) is 0 Å². The van der Waals surface area contributed by atoms with Gasteiger partial charge >= 0.3 is 6.18 Å². The molecular formula is C16H9F3N2O2. The molecular weight excluding hydrogens is 309 g/mol. The molecule has 0 radical (unpaired) electrons. The smallest absolute Gasteiger partial charge is 0.417 e. The Morgan fingerprint density at radius 2 is 1.70 bits per heavy atom. The molecule has 2 rings (SSSR count). The number of alkyl halides is 3. The first kappa shape index (κ1) is 16.2. The molecule has 7 heteroatoms. The van der Waals surface area contributed by atoms with E-state index in [4.69, 9.17) is 20.0 Å². The van der Waals surface area contributed by atoms with Gasteiger partial charge in [-0.1, -0.05) is 12.1 Å². The lowest BCUT2D eigenvalue weighted by molar-refractivity contribution is -0.137. The molecule has 0 unspecified atom stereocenters. The molecule has 0 bridgehead atoms. The van der Waals surface area contributed by atoms with Crippen molar-refractivity contribution in [2.75, 3.05) is 6.61 Å². The van der Waals surface area contributed by atoms with E-state index in [1.54, 1.807) is 18.2 Å². The van der Waals surface area contributed by atoms with Gasteiger partial charge in [0.25, 0.3) is 0 Å². The van der Waals surface area contributed by atoms with Crippen molar-refractivity contribution >= 4 is 0 Å². The number of rotatable bonds is 4. The van der Waals surface area contributed by atoms with Crippen LogP contribution in [0.15, 0.2) is 42.5 Å². The van der Waals surface area contributed by atoms with E-state index < -0.39 is 17.3 Å². The van der Waals surface area contributed by atoms with Crippen LogP contribution in [0.2, 0.25) is 0 Å². The van der Waals surface area contributed by atoms with Crippen LogP contribution >= 0.6 is 0 Å². The number of hydrogen-bond donors (Lipinski definition) is 0. The molecule has 116 valence electrons. The Labute approximate surface area is 129 Å². The van der Waals surface area contributed by atoms with Crippen LogP contribution < -0.4 is 9.47 Å². The highest BCUT2D eigenvalue weighted by Gasteiger charge is 2.34. The van der Waals surface area contributed by atoms with Crippen LogP contribution in [0.1, 0.15) is 11.1 Å². The van der Waals surface area contributed by atoms with Gasteiger partial charge in [-0.3, -0.25) is 0 Å². The second kappa shape index (κ2) is 6.71. The maximum Gasteiger partial charge on any atom is 0.417 e. The predicted molar refractivity (Wildman–Crippen MR) is 73.8 cm³/mol. The third kappa shape index (κ3) is 3.92. The molecule has 0 spiro atoms. The number of benzene rings is 2. The van der Waals surface area contributed by atoms with E-state index in [-0.39, 0.29) is 23.9 Å². The summed E-state index contributed by atoms with van der Waals surface area (Å²) in [5.41, 5.74) is -1.56. The highest BCUT2D eigenvalue weighted by molar-refractivity contribution is 5.47. The lowest BCUT2D eigenvalue weighted by atomic mass is 10.1. The monoisotopic (exact) mass is 318 g/mol. The molecule has 0 saturated heterocycles. The minimum absolute atomic E-state index is 0.0932. The molecule has 2 aromatic rings. The lowest BCUT2D eigenvalue weighted by Crippen LogP contribution is -2.08. The van der Waals surface area contributed by atoms with E-state index >= 15 is 0 Å². The van der Waals surface area contributed by atoms with Crippen LogP contribution in [0.3, 0.4) is 0 Å². The number of hydrogen-bond acceptors (Lipinski definition) is 4. The van der Waals surface area contributed by atoms with Crippen LogP contribution in [0, 0.1) is 22.7 Å². The van der Waals surface area contributed by atoms with Crippen molar-refractivity contribution in [3.05, 3.63) is 53.6 Å². The zero-order valence-electron chi connectivity index (χ0n) is 11.6. The maximum absolute atomic E-state index is 12.9. The number of nitriles is 2. The fraction of sp³-hybridized carbons (Fsp3) is 0.125. The third-order valence-corrected chi connectivity index (χ3v) is 2.79. The molecule has 0 aliphatic rings. The van der Waals surface area contributed by atoms with Gasteiger partial charge in [-0.05, 0) is 30.3 Å². The summed E-state index contributed by atoms with van der Waals surface area (Å²) in [5.74, 6) is 0.303. The predicted octanol–water partition coefficient (Wildman–Crippen LogP) is 4.27. The van der Waals surface area contributed by atoms with Crippen LogP contribution in [0.25, 0.3) is 0 Å². The quantitative estimate of drug-likeness (QED) is 0.844. The van der Waals surface area contributed by atoms with Crippen molar-refractivity contribution in [1.29, 1.82) is 10.5 Å². The summed E-state index contributed by atoms with van der Waals surface area (Å²) >= 11 is 0. The van der Waals surface area contributed by atoms with E-state index in [0.717, 1.165) is 12.1 Å². The standard InChI is InChI=1S/C16H9F3N2O2/c17-16(18,19)13-9-12(6-5-11(13)10-21)23-15-4-2-1-3-14(15)22-8-7-20/h1-6,9H,8H2. The highest BCUT2D eigenvalue weighted by atomic mass is 19.4. The topological polar surface area (TPSA) is 66.0 Å². The molecule has 4 nitrogen and oxygen atoms in total. The molecule has 0 fully saturated rings. The van der Waals surface area contributed by atoms with Crippen molar-refractivity contribution in [3.8, 4) is 29.4 Å². The van der Waals surface area contributed by atoms with Crippen molar-refractivity contribution in [2.45, 2.75) is 6.18 Å². The van der Waals surface area contributed by atoms with Crippen LogP contribution in [0.4, 0.5) is 13.2 Å². The molecule has 0 heterocycles. The SMILES string of the molecule is N#CCOc1ccccc1Oc1ccc(C#N)c(C(F)(F)F)c1. The summed E-state index contributed by atoms with van der Waals surface area (Å²) in [6.45, 7) is -0.221. The normalized spacial score (nSPS) is 10.5. The minimum Gasteiger partial charge on any atom is -0.475 e. The summed E-state index contributed by atoms with van der Waals surface area (Å²) in [6.07, 6.45) is -4.67. The van der Waals surface area contributed by atoms with Crippen molar-refractivity contribution in [3.63, 3.8) is 0 Å². The van der Waals surface area contributed by atoms with Crippen molar-refractivity contribution in [2.24, 2.45) is 0 Å². The average Bonchev–Trinajstić information content (AvgIpc) is 2.53. The van der Waals surface area contributed by atoms with Gasteiger partial charge < -0.3 is 9.47 Å². The van der Waals surface area contributed by atoms with Crippen molar-refractivity contribution in [1.82, 2.24) is 0 Å². The van der Waals surface area contributed by atoms with E-state index in [1.165, 1.54) is 24.3 Å². The molecule has 23 heavy (non-hydrogen) atoms. The highest BCUT2D eigenvalue weighted by Crippen LogP contribution is 2.37. The zero-order valence-corrected chi connectivity index (χ0v) is 11.6. The number of halogens is 3. The van der Waals surface area contributed by atoms with Gasteiger partial charge in [0.05, 0.1) is 17.2 Å². The number of ether oxygens (including phenoxy) is 2. The summed E-state index contributed by atoms with van der Waals surface area (Å²) in [5, 5.41) is 17.3. The first-order valence-corrected chi connectivity index (χ1v) is 6.33. The van der Waals surface area contributed by atoms with E-state index in [0.29, 0.717) is 0 Å². The number of nitrogens with zero attached hydrogens (tertiary/aromatic N) is 2. The van der Waals surface area contributed by atoms with Gasteiger partial charge in [0.1, 0.15) is 11.8 Å². The Hall–Kier alpha value is -3.19. The second-order valence-corrected chi connectivity index (χ2v) is 4.31. The largest absolute Gasteiger partial charge is 0.475 e. The van der Waals surface area contributed by atoms with Crippen LogP contribution in [-0.4, -0.2) is 6.61 Å². The number of para-hydroxylation sites is 2. The fourth-order valence-electron chi connectivity index (χ4n) is 1.81. The molecule has 0 atom stereocenters. The van der Waals surface area contributed by atoms with Gasteiger partial charge in [-0.2, -0.15) is 23.7 Å². The summed E-state index contributed by atoms with van der Waals surface area (Å²) < 4.78 is 49.3. The van der Waals surface area contributed by atoms with E-state index in [1.807, 2.05) is 0 Å². The van der Waals surface area contributed by atoms with E-state index in [9.17, 15) is 13.2 Å². The third-order valence-electron chi connectivity index (χ3n) is 2.79.